The highest BCUT2D eigenvalue weighted by molar-refractivity contribution is 6.29. The quantitative estimate of drug-likeness (QED) is 0.605. The van der Waals surface area contributed by atoms with Crippen LogP contribution in [0.3, 0.4) is 0 Å². The minimum absolute atomic E-state index is 0.187. The largest absolute Gasteiger partial charge is 0.368 e. The molecular formula is C10H13ClN6. The Kier molecular flexibility index (Phi) is 3.61. The van der Waals surface area contributed by atoms with Crippen LogP contribution in [0.4, 0.5) is 11.8 Å². The molecule has 0 atom stereocenters. The zero-order valence-corrected chi connectivity index (χ0v) is 10.1. The smallest absolute Gasteiger partial charge is 0.223 e. The first-order valence-corrected chi connectivity index (χ1v) is 5.71. The zero-order valence-electron chi connectivity index (χ0n) is 9.30. The Labute approximate surface area is 105 Å². The molecule has 90 valence electrons. The highest BCUT2D eigenvalue weighted by atomic mass is 35.5. The molecule has 1 aromatic heterocycles. The summed E-state index contributed by atoms with van der Waals surface area (Å²) in [6, 6.07) is 3.86. The minimum atomic E-state index is 0.187. The number of anilines is 2. The van der Waals surface area contributed by atoms with Crippen molar-refractivity contribution in [1.29, 1.82) is 5.26 Å². The maximum Gasteiger partial charge on any atom is 0.223 e. The van der Waals surface area contributed by atoms with Crippen LogP contribution in [0.2, 0.25) is 5.15 Å². The van der Waals surface area contributed by atoms with Gasteiger partial charge in [0, 0.05) is 32.2 Å². The number of hydrogen-bond acceptors (Lipinski definition) is 6. The number of nitrogens with zero attached hydrogens (tertiary/aromatic N) is 5. The van der Waals surface area contributed by atoms with Gasteiger partial charge in [0.15, 0.2) is 0 Å². The second-order valence-corrected chi connectivity index (χ2v) is 4.22. The number of nitriles is 1. The van der Waals surface area contributed by atoms with Gasteiger partial charge >= 0.3 is 0 Å². The van der Waals surface area contributed by atoms with Gasteiger partial charge in [-0.25, -0.2) is 4.98 Å². The summed E-state index contributed by atoms with van der Waals surface area (Å²) in [5.74, 6) is 0.936. The van der Waals surface area contributed by atoms with E-state index in [-0.39, 0.29) is 5.95 Å². The van der Waals surface area contributed by atoms with E-state index < -0.39 is 0 Å². The Morgan fingerprint density at radius 1 is 1.35 bits per heavy atom. The second kappa shape index (κ2) is 5.17. The van der Waals surface area contributed by atoms with E-state index in [2.05, 4.69) is 25.8 Å². The fourth-order valence-electron chi connectivity index (χ4n) is 1.82. The molecule has 0 radical (unpaired) electrons. The molecule has 1 aliphatic heterocycles. The molecule has 0 unspecified atom stereocenters. The van der Waals surface area contributed by atoms with Crippen LogP contribution in [0.5, 0.6) is 0 Å². The third-order valence-corrected chi connectivity index (χ3v) is 2.88. The number of nitrogens with two attached hydrogens (primary N) is 1. The van der Waals surface area contributed by atoms with E-state index in [0.29, 0.717) is 11.7 Å². The average Bonchev–Trinajstić information content (AvgIpc) is 2.29. The average molecular weight is 253 g/mol. The maximum atomic E-state index is 8.61. The first-order valence-electron chi connectivity index (χ1n) is 5.33. The molecule has 1 saturated heterocycles. The lowest BCUT2D eigenvalue weighted by atomic mass is 10.3. The monoisotopic (exact) mass is 252 g/mol. The van der Waals surface area contributed by atoms with Gasteiger partial charge in [0.05, 0.1) is 12.6 Å². The number of halogens is 1. The van der Waals surface area contributed by atoms with Crippen molar-refractivity contribution in [3.63, 3.8) is 0 Å². The molecule has 1 aromatic rings. The Morgan fingerprint density at radius 2 is 2.06 bits per heavy atom. The number of hydrogen-bond donors (Lipinski definition) is 1. The standard InChI is InChI=1S/C10H13ClN6/c11-8-7-9(15-10(13)14-8)17-5-3-16(2-1-12)4-6-17/h7H,2-6H2,(H2,13,14,15). The third kappa shape index (κ3) is 2.96. The maximum absolute atomic E-state index is 8.61. The van der Waals surface area contributed by atoms with Crippen molar-refractivity contribution in [2.24, 2.45) is 0 Å². The molecule has 7 heteroatoms. The van der Waals surface area contributed by atoms with Crippen molar-refractivity contribution in [3.05, 3.63) is 11.2 Å². The summed E-state index contributed by atoms with van der Waals surface area (Å²) in [5, 5.41) is 8.97. The van der Waals surface area contributed by atoms with Crippen LogP contribution in [-0.2, 0) is 0 Å². The SMILES string of the molecule is N#CCN1CCN(c2cc(Cl)nc(N)n2)CC1. The van der Waals surface area contributed by atoms with E-state index in [4.69, 9.17) is 22.6 Å². The van der Waals surface area contributed by atoms with Crippen molar-refractivity contribution in [2.75, 3.05) is 43.4 Å². The molecule has 2 rings (SSSR count). The topological polar surface area (TPSA) is 82.1 Å². The number of rotatable bonds is 2. The zero-order chi connectivity index (χ0) is 12.3. The lowest BCUT2D eigenvalue weighted by Crippen LogP contribution is -2.46. The number of piperazine rings is 1. The van der Waals surface area contributed by atoms with Crippen molar-refractivity contribution in [2.45, 2.75) is 0 Å². The summed E-state index contributed by atoms with van der Waals surface area (Å²) < 4.78 is 0. The predicted molar refractivity (Wildman–Crippen MR) is 65.7 cm³/mol. The Hall–Kier alpha value is -1.58. The summed E-state index contributed by atoms with van der Waals surface area (Å²) in [6.07, 6.45) is 0. The van der Waals surface area contributed by atoms with Gasteiger partial charge < -0.3 is 10.6 Å². The lowest BCUT2D eigenvalue weighted by molar-refractivity contribution is 0.286. The molecule has 2 heterocycles. The Balaban J connectivity index is 2.03. The Morgan fingerprint density at radius 3 is 2.65 bits per heavy atom. The van der Waals surface area contributed by atoms with Crippen LogP contribution in [0.25, 0.3) is 0 Å². The summed E-state index contributed by atoms with van der Waals surface area (Å²) in [4.78, 5) is 12.2. The van der Waals surface area contributed by atoms with Gasteiger partial charge in [-0.3, -0.25) is 4.90 Å². The van der Waals surface area contributed by atoms with Crippen LogP contribution in [0.1, 0.15) is 0 Å². The van der Waals surface area contributed by atoms with Gasteiger partial charge in [0.25, 0.3) is 0 Å². The van der Waals surface area contributed by atoms with Crippen molar-refractivity contribution in [1.82, 2.24) is 14.9 Å². The van der Waals surface area contributed by atoms with E-state index in [1.165, 1.54) is 0 Å². The summed E-state index contributed by atoms with van der Waals surface area (Å²) in [6.45, 7) is 3.79. The molecule has 1 aliphatic rings. The van der Waals surface area contributed by atoms with Gasteiger partial charge in [0.2, 0.25) is 5.95 Å². The van der Waals surface area contributed by atoms with E-state index in [1.54, 1.807) is 6.07 Å². The fraction of sp³-hybridized carbons (Fsp3) is 0.500. The van der Waals surface area contributed by atoms with Gasteiger partial charge in [-0.05, 0) is 0 Å². The normalized spacial score (nSPS) is 16.8. The summed E-state index contributed by atoms with van der Waals surface area (Å²) in [7, 11) is 0. The van der Waals surface area contributed by atoms with Gasteiger partial charge in [-0.15, -0.1) is 0 Å². The van der Waals surface area contributed by atoms with Crippen molar-refractivity contribution >= 4 is 23.4 Å². The van der Waals surface area contributed by atoms with Gasteiger partial charge in [-0.2, -0.15) is 10.2 Å². The van der Waals surface area contributed by atoms with E-state index in [9.17, 15) is 0 Å². The first-order chi connectivity index (χ1) is 8.19. The predicted octanol–water partition coefficient (Wildman–Crippen LogP) is 0.358. The first kappa shape index (κ1) is 11.9. The fourth-order valence-corrected chi connectivity index (χ4v) is 2.00. The molecule has 0 aliphatic carbocycles. The highest BCUT2D eigenvalue weighted by Gasteiger charge is 2.18. The van der Waals surface area contributed by atoms with Gasteiger partial charge in [0.1, 0.15) is 11.0 Å². The molecule has 0 bridgehead atoms. The number of aromatic nitrogens is 2. The number of nitrogen functional groups attached to an aromatic ring is 1. The molecule has 6 nitrogen and oxygen atoms in total. The van der Waals surface area contributed by atoms with Crippen molar-refractivity contribution in [3.8, 4) is 6.07 Å². The highest BCUT2D eigenvalue weighted by Crippen LogP contribution is 2.18. The van der Waals surface area contributed by atoms with Crippen LogP contribution >= 0.6 is 11.6 Å². The molecule has 0 saturated carbocycles. The molecule has 2 N–H and O–H groups in total. The van der Waals surface area contributed by atoms with E-state index >= 15 is 0 Å². The summed E-state index contributed by atoms with van der Waals surface area (Å²) in [5.41, 5.74) is 5.55. The third-order valence-electron chi connectivity index (χ3n) is 2.69. The van der Waals surface area contributed by atoms with Crippen LogP contribution in [0.15, 0.2) is 6.07 Å². The molecule has 17 heavy (non-hydrogen) atoms. The minimum Gasteiger partial charge on any atom is -0.368 e. The van der Waals surface area contributed by atoms with E-state index in [1.807, 2.05) is 0 Å². The van der Waals surface area contributed by atoms with Gasteiger partial charge in [-0.1, -0.05) is 11.6 Å². The van der Waals surface area contributed by atoms with Crippen LogP contribution < -0.4 is 10.6 Å². The summed E-state index contributed by atoms with van der Waals surface area (Å²) >= 11 is 5.84. The molecular weight excluding hydrogens is 240 g/mol. The van der Waals surface area contributed by atoms with Crippen LogP contribution in [0, 0.1) is 11.3 Å². The van der Waals surface area contributed by atoms with Crippen LogP contribution in [-0.4, -0.2) is 47.6 Å². The molecule has 1 fully saturated rings. The van der Waals surface area contributed by atoms with Crippen molar-refractivity contribution < 1.29 is 0 Å². The molecule has 0 spiro atoms. The second-order valence-electron chi connectivity index (χ2n) is 3.83. The van der Waals surface area contributed by atoms with E-state index in [0.717, 1.165) is 32.0 Å². The molecule has 0 amide bonds. The Bertz CT molecular complexity index is 415. The molecule has 0 aromatic carbocycles. The lowest BCUT2D eigenvalue weighted by Gasteiger charge is -2.34.